The molecule has 1 heterocycles. The lowest BCUT2D eigenvalue weighted by atomic mass is 9.93. The van der Waals surface area contributed by atoms with Crippen LogP contribution in [-0.2, 0) is 25.5 Å². The van der Waals surface area contributed by atoms with Crippen LogP contribution in [0.5, 0.6) is 0 Å². The van der Waals surface area contributed by atoms with E-state index in [1.807, 2.05) is 56.0 Å². The van der Waals surface area contributed by atoms with Gasteiger partial charge in [-0.05, 0) is 59.9 Å². The van der Waals surface area contributed by atoms with E-state index in [1.54, 1.807) is 20.8 Å². The van der Waals surface area contributed by atoms with Crippen LogP contribution in [0.15, 0.2) is 43.0 Å². The lowest BCUT2D eigenvalue weighted by Gasteiger charge is -2.42. The maximum Gasteiger partial charge on any atom is 0.410 e. The maximum atomic E-state index is 13.3. The molecule has 0 saturated carbocycles. The van der Waals surface area contributed by atoms with Crippen LogP contribution in [-0.4, -0.2) is 88.9 Å². The summed E-state index contributed by atoms with van der Waals surface area (Å²) < 4.78 is 10.8. The molecule has 2 amide bonds. The van der Waals surface area contributed by atoms with E-state index in [0.29, 0.717) is 19.5 Å². The molecule has 1 aromatic carbocycles. The van der Waals surface area contributed by atoms with Crippen LogP contribution in [0.4, 0.5) is 4.79 Å². The molecule has 0 aliphatic carbocycles. The van der Waals surface area contributed by atoms with Gasteiger partial charge in [0.2, 0.25) is 5.91 Å². The predicted octanol–water partition coefficient (Wildman–Crippen LogP) is 3.16. The number of nitrogens with zero attached hydrogens (tertiary/aromatic N) is 2. The third-order valence-electron chi connectivity index (χ3n) is 5.95. The number of rotatable bonds is 10. The minimum absolute atomic E-state index is 0.0991. The Morgan fingerprint density at radius 3 is 2.37 bits per heavy atom. The fourth-order valence-corrected chi connectivity index (χ4v) is 4.33. The number of piperazine rings is 1. The summed E-state index contributed by atoms with van der Waals surface area (Å²) >= 11 is 0. The number of ether oxygens (including phenoxy) is 2. The summed E-state index contributed by atoms with van der Waals surface area (Å²) in [6.07, 6.45) is 0.743. The van der Waals surface area contributed by atoms with Crippen LogP contribution in [0.3, 0.4) is 0 Å². The SMILES string of the molecule is C=CCOC(=O)[C@H](Cc1ccccc1)C[C@H](O)CN1CCN(C(=O)OC(C)(C)C)C[C@H]1C(=O)NC(C)(C)C. The van der Waals surface area contributed by atoms with Crippen molar-refractivity contribution in [2.24, 2.45) is 5.92 Å². The Labute approximate surface area is 227 Å². The molecule has 0 aromatic heterocycles. The van der Waals surface area contributed by atoms with Gasteiger partial charge < -0.3 is 24.8 Å². The lowest BCUT2D eigenvalue weighted by Crippen LogP contribution is -2.63. The summed E-state index contributed by atoms with van der Waals surface area (Å²) in [6, 6.07) is 8.90. The molecular weight excluding hydrogens is 486 g/mol. The molecule has 2 rings (SSSR count). The van der Waals surface area contributed by atoms with E-state index in [-0.39, 0.29) is 32.0 Å². The Bertz CT molecular complexity index is 938. The molecule has 1 fully saturated rings. The van der Waals surface area contributed by atoms with Gasteiger partial charge >= 0.3 is 12.1 Å². The van der Waals surface area contributed by atoms with E-state index in [4.69, 9.17) is 9.47 Å². The molecule has 1 aromatic rings. The molecule has 0 unspecified atom stereocenters. The van der Waals surface area contributed by atoms with E-state index in [9.17, 15) is 19.5 Å². The molecule has 2 N–H and O–H groups in total. The third kappa shape index (κ3) is 10.8. The minimum atomic E-state index is -0.891. The van der Waals surface area contributed by atoms with Crippen LogP contribution >= 0.6 is 0 Å². The summed E-state index contributed by atoms with van der Waals surface area (Å²) in [7, 11) is 0. The number of esters is 1. The molecule has 212 valence electrons. The Balaban J connectivity index is 2.15. The summed E-state index contributed by atoms with van der Waals surface area (Å²) in [6.45, 7) is 15.8. The molecule has 1 aliphatic heterocycles. The highest BCUT2D eigenvalue weighted by atomic mass is 16.6. The van der Waals surface area contributed by atoms with Gasteiger partial charge in [0.05, 0.1) is 12.0 Å². The van der Waals surface area contributed by atoms with Crippen LogP contribution in [0.2, 0.25) is 0 Å². The Morgan fingerprint density at radius 1 is 1.13 bits per heavy atom. The van der Waals surface area contributed by atoms with Gasteiger partial charge in [0.1, 0.15) is 18.2 Å². The van der Waals surface area contributed by atoms with Crippen LogP contribution in [0.1, 0.15) is 53.5 Å². The first-order chi connectivity index (χ1) is 17.7. The van der Waals surface area contributed by atoms with Crippen molar-refractivity contribution in [1.29, 1.82) is 0 Å². The fourth-order valence-electron chi connectivity index (χ4n) is 4.33. The summed E-state index contributed by atoms with van der Waals surface area (Å²) in [5.41, 5.74) is -0.152. The van der Waals surface area contributed by atoms with Crippen molar-refractivity contribution in [3.05, 3.63) is 48.6 Å². The number of nitrogens with one attached hydrogen (secondary N) is 1. The van der Waals surface area contributed by atoms with Gasteiger partial charge in [0.25, 0.3) is 0 Å². The number of aliphatic hydroxyl groups excluding tert-OH is 1. The number of hydrogen-bond donors (Lipinski definition) is 2. The normalized spacial score (nSPS) is 18.3. The van der Waals surface area contributed by atoms with Crippen molar-refractivity contribution in [3.8, 4) is 0 Å². The monoisotopic (exact) mass is 531 g/mol. The largest absolute Gasteiger partial charge is 0.461 e. The summed E-state index contributed by atoms with van der Waals surface area (Å²) in [4.78, 5) is 42.2. The van der Waals surface area contributed by atoms with Crippen molar-refractivity contribution in [2.75, 3.05) is 32.8 Å². The van der Waals surface area contributed by atoms with Gasteiger partial charge in [-0.1, -0.05) is 43.0 Å². The number of aliphatic hydroxyl groups is 1. The van der Waals surface area contributed by atoms with Crippen LogP contribution in [0, 0.1) is 5.92 Å². The number of β-amino-alcohol motifs (C(OH)–C–C–N with tert-alkyl or cyclic N) is 1. The quantitative estimate of drug-likeness (QED) is 0.353. The number of hydrogen-bond acceptors (Lipinski definition) is 7. The molecule has 9 nitrogen and oxygen atoms in total. The smallest absolute Gasteiger partial charge is 0.410 e. The first-order valence-electron chi connectivity index (χ1n) is 13.2. The summed E-state index contributed by atoms with van der Waals surface area (Å²) in [5.74, 6) is -1.19. The highest BCUT2D eigenvalue weighted by Gasteiger charge is 2.38. The predicted molar refractivity (Wildman–Crippen MR) is 146 cm³/mol. The Hall–Kier alpha value is -2.91. The average Bonchev–Trinajstić information content (AvgIpc) is 2.80. The first-order valence-corrected chi connectivity index (χ1v) is 13.2. The summed E-state index contributed by atoms with van der Waals surface area (Å²) in [5, 5.41) is 14.1. The Morgan fingerprint density at radius 2 is 1.79 bits per heavy atom. The van der Waals surface area contributed by atoms with E-state index < -0.39 is 41.3 Å². The molecule has 0 radical (unpaired) electrons. The molecule has 1 saturated heterocycles. The highest BCUT2D eigenvalue weighted by molar-refractivity contribution is 5.83. The zero-order valence-electron chi connectivity index (χ0n) is 23.7. The lowest BCUT2D eigenvalue weighted by molar-refractivity contribution is -0.148. The van der Waals surface area contributed by atoms with Gasteiger partial charge in [0, 0.05) is 31.7 Å². The fraction of sp³-hybridized carbons (Fsp3) is 0.621. The van der Waals surface area contributed by atoms with Crippen molar-refractivity contribution in [1.82, 2.24) is 15.1 Å². The second-order valence-electron chi connectivity index (χ2n) is 11.9. The first kappa shape index (κ1) is 31.3. The molecule has 3 atom stereocenters. The van der Waals surface area contributed by atoms with Gasteiger partial charge in [-0.3, -0.25) is 14.5 Å². The zero-order valence-corrected chi connectivity index (χ0v) is 23.7. The second-order valence-corrected chi connectivity index (χ2v) is 11.9. The number of carbonyl (C=O) groups excluding carboxylic acids is 3. The van der Waals surface area contributed by atoms with E-state index in [2.05, 4.69) is 11.9 Å². The van der Waals surface area contributed by atoms with Crippen molar-refractivity contribution < 1.29 is 29.0 Å². The average molecular weight is 532 g/mol. The molecule has 0 bridgehead atoms. The van der Waals surface area contributed by atoms with Gasteiger partial charge in [-0.2, -0.15) is 0 Å². The van der Waals surface area contributed by atoms with Crippen molar-refractivity contribution in [2.45, 2.75) is 77.7 Å². The van der Waals surface area contributed by atoms with Gasteiger partial charge in [-0.15, -0.1) is 0 Å². The van der Waals surface area contributed by atoms with E-state index in [1.165, 1.54) is 11.0 Å². The molecule has 9 heteroatoms. The molecule has 38 heavy (non-hydrogen) atoms. The standard InChI is InChI=1S/C29H45N3O6/c1-8-16-37-26(35)22(17-21-12-10-9-11-13-21)18-23(33)19-31-14-15-32(27(36)38-29(5,6)7)20-24(31)25(34)30-28(2,3)4/h8-13,22-24,33H,1,14-20H2,2-7H3,(H,30,34)/t22-,23+,24+/m1/s1. The number of benzene rings is 1. The highest BCUT2D eigenvalue weighted by Crippen LogP contribution is 2.20. The van der Waals surface area contributed by atoms with E-state index >= 15 is 0 Å². The van der Waals surface area contributed by atoms with E-state index in [0.717, 1.165) is 5.56 Å². The maximum absolute atomic E-state index is 13.3. The van der Waals surface area contributed by atoms with Gasteiger partial charge in [0.15, 0.2) is 0 Å². The van der Waals surface area contributed by atoms with Gasteiger partial charge in [-0.25, -0.2) is 4.79 Å². The van der Waals surface area contributed by atoms with Crippen molar-refractivity contribution in [3.63, 3.8) is 0 Å². The van der Waals surface area contributed by atoms with Crippen LogP contribution in [0.25, 0.3) is 0 Å². The number of amides is 2. The zero-order chi connectivity index (χ0) is 28.5. The molecule has 0 spiro atoms. The topological polar surface area (TPSA) is 108 Å². The Kier molecular flexibility index (Phi) is 11.3. The number of carbonyl (C=O) groups is 3. The minimum Gasteiger partial charge on any atom is -0.461 e. The van der Waals surface area contributed by atoms with Crippen molar-refractivity contribution >= 4 is 18.0 Å². The second kappa shape index (κ2) is 13.8. The third-order valence-corrected chi connectivity index (χ3v) is 5.95. The molecular formula is C29H45N3O6. The van der Waals surface area contributed by atoms with Crippen LogP contribution < -0.4 is 5.32 Å². The molecule has 1 aliphatic rings.